The molecule has 2 aromatic rings. The molecule has 2 atom stereocenters. The van der Waals surface area contributed by atoms with Crippen LogP contribution in [0.1, 0.15) is 23.5 Å². The van der Waals surface area contributed by atoms with Gasteiger partial charge in [0, 0.05) is 19.0 Å². The molecule has 5 heteroatoms. The highest BCUT2D eigenvalue weighted by atomic mass is 16.5. The van der Waals surface area contributed by atoms with Gasteiger partial charge in [0.15, 0.2) is 0 Å². The van der Waals surface area contributed by atoms with Gasteiger partial charge in [-0.2, -0.15) is 0 Å². The Bertz CT molecular complexity index is 714. The summed E-state index contributed by atoms with van der Waals surface area (Å²) in [7, 11) is 0. The van der Waals surface area contributed by atoms with Gasteiger partial charge in [-0.1, -0.05) is 42.5 Å². The maximum Gasteiger partial charge on any atom is 0.407 e. The maximum absolute atomic E-state index is 11.4. The smallest absolute Gasteiger partial charge is 0.407 e. The van der Waals surface area contributed by atoms with Crippen LogP contribution in [0, 0.1) is 5.92 Å². The van der Waals surface area contributed by atoms with Crippen molar-refractivity contribution < 1.29 is 19.4 Å². The van der Waals surface area contributed by atoms with Crippen molar-refractivity contribution in [1.29, 1.82) is 0 Å². The van der Waals surface area contributed by atoms with Gasteiger partial charge < -0.3 is 19.5 Å². The third-order valence-electron chi connectivity index (χ3n) is 4.66. The molecule has 0 radical (unpaired) electrons. The molecule has 5 nitrogen and oxygen atoms in total. The van der Waals surface area contributed by atoms with Crippen LogP contribution in [0.25, 0.3) is 0 Å². The van der Waals surface area contributed by atoms with Crippen LogP contribution in [0.4, 0.5) is 4.79 Å². The average Bonchev–Trinajstić information content (AvgIpc) is 2.67. The van der Waals surface area contributed by atoms with Crippen LogP contribution in [0.3, 0.4) is 0 Å². The van der Waals surface area contributed by atoms with Crippen LogP contribution in [-0.2, 0) is 11.4 Å². The molecule has 0 spiro atoms. The van der Waals surface area contributed by atoms with Gasteiger partial charge in [0.25, 0.3) is 0 Å². The fourth-order valence-corrected chi connectivity index (χ4v) is 3.26. The molecule has 3 rings (SSSR count). The predicted octanol–water partition coefficient (Wildman–Crippen LogP) is 3.55. The van der Waals surface area contributed by atoms with E-state index in [1.54, 1.807) is 0 Å². The Morgan fingerprint density at radius 2 is 1.88 bits per heavy atom. The van der Waals surface area contributed by atoms with Crippen molar-refractivity contribution in [3.8, 4) is 5.75 Å². The van der Waals surface area contributed by atoms with Gasteiger partial charge in [-0.3, -0.25) is 0 Å². The van der Waals surface area contributed by atoms with Gasteiger partial charge >= 0.3 is 6.09 Å². The number of likely N-dealkylation sites (tertiary alicyclic amines) is 1. The Morgan fingerprint density at radius 3 is 2.52 bits per heavy atom. The summed E-state index contributed by atoms with van der Waals surface area (Å²) in [5.74, 6) is 0.524. The summed E-state index contributed by atoms with van der Waals surface area (Å²) in [6.07, 6.45) is 0.564. The van der Waals surface area contributed by atoms with Crippen molar-refractivity contribution in [3.05, 3.63) is 65.7 Å². The SMILES string of the molecule is O=CC1CN(C(=O)O)CCC1c1ccc(OCc2ccccc2)cc1. The first-order valence-electron chi connectivity index (χ1n) is 8.37. The molecule has 1 fully saturated rings. The third-order valence-corrected chi connectivity index (χ3v) is 4.66. The monoisotopic (exact) mass is 339 g/mol. The number of benzene rings is 2. The zero-order valence-corrected chi connectivity index (χ0v) is 13.9. The second kappa shape index (κ2) is 7.83. The molecule has 0 aliphatic carbocycles. The fourth-order valence-electron chi connectivity index (χ4n) is 3.26. The molecule has 1 N–H and O–H groups in total. The number of hydrogen-bond acceptors (Lipinski definition) is 3. The Hall–Kier alpha value is -2.82. The predicted molar refractivity (Wildman–Crippen MR) is 93.7 cm³/mol. The van der Waals surface area contributed by atoms with E-state index in [1.807, 2.05) is 54.6 Å². The number of aldehydes is 1. The number of carbonyl (C=O) groups is 2. The number of piperidine rings is 1. The van der Waals surface area contributed by atoms with E-state index in [1.165, 1.54) is 4.90 Å². The van der Waals surface area contributed by atoms with Gasteiger partial charge in [-0.05, 0) is 35.6 Å². The first-order chi connectivity index (χ1) is 12.2. The lowest BCUT2D eigenvalue weighted by molar-refractivity contribution is -0.112. The van der Waals surface area contributed by atoms with Gasteiger partial charge in [0.2, 0.25) is 0 Å². The number of carboxylic acid groups (broad SMARTS) is 1. The molecule has 130 valence electrons. The van der Waals surface area contributed by atoms with Crippen molar-refractivity contribution in [2.45, 2.75) is 18.9 Å². The van der Waals surface area contributed by atoms with E-state index >= 15 is 0 Å². The number of rotatable bonds is 5. The van der Waals surface area contributed by atoms with Gasteiger partial charge in [0.05, 0.1) is 0 Å². The molecule has 1 saturated heterocycles. The topological polar surface area (TPSA) is 66.8 Å². The minimum Gasteiger partial charge on any atom is -0.489 e. The molecule has 0 aromatic heterocycles. The quantitative estimate of drug-likeness (QED) is 0.846. The number of nitrogens with zero attached hydrogens (tertiary/aromatic N) is 1. The van der Waals surface area contributed by atoms with Crippen LogP contribution < -0.4 is 4.74 Å². The minimum absolute atomic E-state index is 0.0521. The largest absolute Gasteiger partial charge is 0.489 e. The Kier molecular flexibility index (Phi) is 5.33. The molecule has 1 amide bonds. The molecule has 1 heterocycles. The molecule has 25 heavy (non-hydrogen) atoms. The normalized spacial score (nSPS) is 20.1. The number of ether oxygens (including phenoxy) is 1. The molecule has 2 unspecified atom stereocenters. The second-order valence-corrected chi connectivity index (χ2v) is 6.27. The summed E-state index contributed by atoms with van der Waals surface area (Å²) in [6, 6.07) is 17.7. The van der Waals surface area contributed by atoms with E-state index in [2.05, 4.69) is 0 Å². The van der Waals surface area contributed by atoms with Crippen LogP contribution in [-0.4, -0.2) is 35.5 Å². The van der Waals surface area contributed by atoms with E-state index in [0.717, 1.165) is 23.2 Å². The highest BCUT2D eigenvalue weighted by Crippen LogP contribution is 2.33. The zero-order chi connectivity index (χ0) is 17.6. The Morgan fingerprint density at radius 1 is 1.16 bits per heavy atom. The summed E-state index contributed by atoms with van der Waals surface area (Å²) in [5, 5.41) is 9.09. The molecule has 1 aliphatic rings. The van der Waals surface area contributed by atoms with E-state index < -0.39 is 6.09 Å². The van der Waals surface area contributed by atoms with Crippen LogP contribution in [0.2, 0.25) is 0 Å². The average molecular weight is 339 g/mol. The van der Waals surface area contributed by atoms with Crippen LogP contribution in [0.15, 0.2) is 54.6 Å². The van der Waals surface area contributed by atoms with Crippen molar-refractivity contribution >= 4 is 12.4 Å². The highest BCUT2D eigenvalue weighted by Gasteiger charge is 2.32. The Balaban J connectivity index is 1.63. The summed E-state index contributed by atoms with van der Waals surface area (Å²) < 4.78 is 5.78. The van der Waals surface area contributed by atoms with Crippen LogP contribution in [0.5, 0.6) is 5.75 Å². The van der Waals surface area contributed by atoms with E-state index in [0.29, 0.717) is 19.6 Å². The van der Waals surface area contributed by atoms with Crippen molar-refractivity contribution in [2.24, 2.45) is 5.92 Å². The molecule has 2 aromatic carbocycles. The first kappa shape index (κ1) is 17.0. The number of hydrogen-bond donors (Lipinski definition) is 1. The van der Waals surface area contributed by atoms with Gasteiger partial charge in [0.1, 0.15) is 18.6 Å². The molecular formula is C20H21NO4. The van der Waals surface area contributed by atoms with E-state index in [9.17, 15) is 9.59 Å². The number of amides is 1. The standard InChI is InChI=1S/C20H21NO4/c22-13-17-12-21(20(23)24)11-10-19(17)16-6-8-18(9-7-16)25-14-15-4-2-1-3-5-15/h1-9,13,17,19H,10-12,14H2,(H,23,24). The van der Waals surface area contributed by atoms with Gasteiger partial charge in [-0.15, -0.1) is 0 Å². The number of carbonyl (C=O) groups excluding carboxylic acids is 1. The zero-order valence-electron chi connectivity index (χ0n) is 13.9. The lowest BCUT2D eigenvalue weighted by Gasteiger charge is -2.34. The second-order valence-electron chi connectivity index (χ2n) is 6.27. The summed E-state index contributed by atoms with van der Waals surface area (Å²) in [4.78, 5) is 23.8. The molecule has 0 saturated carbocycles. The summed E-state index contributed by atoms with van der Waals surface area (Å²) >= 11 is 0. The first-order valence-corrected chi connectivity index (χ1v) is 8.37. The maximum atomic E-state index is 11.4. The summed E-state index contributed by atoms with van der Waals surface area (Å²) in [6.45, 7) is 1.22. The molecule has 0 bridgehead atoms. The molecular weight excluding hydrogens is 318 g/mol. The highest BCUT2D eigenvalue weighted by molar-refractivity contribution is 5.67. The third kappa shape index (κ3) is 4.18. The van der Waals surface area contributed by atoms with Crippen molar-refractivity contribution in [3.63, 3.8) is 0 Å². The van der Waals surface area contributed by atoms with Crippen molar-refractivity contribution in [1.82, 2.24) is 4.90 Å². The molecule has 1 aliphatic heterocycles. The van der Waals surface area contributed by atoms with Crippen molar-refractivity contribution in [2.75, 3.05) is 13.1 Å². The minimum atomic E-state index is -0.963. The lowest BCUT2D eigenvalue weighted by Crippen LogP contribution is -2.42. The van der Waals surface area contributed by atoms with Gasteiger partial charge in [-0.25, -0.2) is 4.79 Å². The summed E-state index contributed by atoms with van der Waals surface area (Å²) in [5.41, 5.74) is 2.16. The fraction of sp³-hybridized carbons (Fsp3) is 0.300. The van der Waals surface area contributed by atoms with E-state index in [-0.39, 0.29) is 18.4 Å². The van der Waals surface area contributed by atoms with E-state index in [4.69, 9.17) is 9.84 Å². The Labute approximate surface area is 146 Å². The van der Waals surface area contributed by atoms with Crippen LogP contribution >= 0.6 is 0 Å². The lowest BCUT2D eigenvalue weighted by atomic mass is 9.81.